The number of sulfonamides is 1. The topological polar surface area (TPSA) is 93.3 Å². The van der Waals surface area contributed by atoms with Crippen LogP contribution in [0.4, 0.5) is 0 Å². The van der Waals surface area contributed by atoms with Crippen molar-refractivity contribution in [3.63, 3.8) is 0 Å². The number of aromatic nitrogens is 4. The third-order valence-corrected chi connectivity index (χ3v) is 7.06. The fourth-order valence-electron chi connectivity index (χ4n) is 3.24. The Bertz CT molecular complexity index is 951. The molecule has 3 heterocycles. The van der Waals surface area contributed by atoms with E-state index in [-0.39, 0.29) is 23.9 Å². The fraction of sp³-hybridized carbons (Fsp3) is 0.562. The SMILES string of the molecule is Cc1nn(C)c(C)c1C(=O)N1CCN(S(=O)(=O)c2cnn(C)c2C)CC1. The van der Waals surface area contributed by atoms with Gasteiger partial charge in [0.2, 0.25) is 10.0 Å². The normalized spacial score (nSPS) is 16.3. The highest BCUT2D eigenvalue weighted by Gasteiger charge is 2.33. The number of aryl methyl sites for hydroxylation is 3. The van der Waals surface area contributed by atoms with E-state index in [1.54, 1.807) is 35.3 Å². The predicted octanol–water partition coefficient (Wildman–Crippen LogP) is 0.226. The van der Waals surface area contributed by atoms with Crippen molar-refractivity contribution in [3.8, 4) is 0 Å². The van der Waals surface area contributed by atoms with Crippen LogP contribution < -0.4 is 0 Å². The molecule has 2 aromatic rings. The standard InChI is InChI=1S/C16H24N6O3S/c1-11-15(13(3)20(5)18-11)16(23)21-6-8-22(9-7-21)26(24,25)14-10-17-19(4)12(14)2/h10H,6-9H2,1-5H3. The number of nitrogens with zero attached hydrogens (tertiary/aromatic N) is 6. The van der Waals surface area contributed by atoms with E-state index in [1.165, 1.54) is 10.5 Å². The maximum atomic E-state index is 12.8. The molecule has 10 heteroatoms. The average Bonchev–Trinajstić information content (AvgIpc) is 3.06. The molecule has 1 amide bonds. The van der Waals surface area contributed by atoms with Gasteiger partial charge in [-0.1, -0.05) is 0 Å². The van der Waals surface area contributed by atoms with E-state index < -0.39 is 10.0 Å². The second kappa shape index (κ2) is 6.51. The highest BCUT2D eigenvalue weighted by Crippen LogP contribution is 2.22. The first-order valence-corrected chi connectivity index (χ1v) is 9.86. The number of carbonyl (C=O) groups is 1. The first kappa shape index (κ1) is 18.6. The molecule has 1 fully saturated rings. The Hall–Kier alpha value is -2.20. The second-order valence-corrected chi connectivity index (χ2v) is 8.49. The zero-order chi connectivity index (χ0) is 19.2. The molecule has 0 aromatic carbocycles. The highest BCUT2D eigenvalue weighted by atomic mass is 32.2. The van der Waals surface area contributed by atoms with Crippen LogP contribution in [0.15, 0.2) is 11.1 Å². The number of hydrogen-bond acceptors (Lipinski definition) is 5. The average molecular weight is 380 g/mol. The van der Waals surface area contributed by atoms with Crippen molar-refractivity contribution < 1.29 is 13.2 Å². The van der Waals surface area contributed by atoms with Crippen molar-refractivity contribution >= 4 is 15.9 Å². The predicted molar refractivity (Wildman–Crippen MR) is 95.3 cm³/mol. The molecule has 0 spiro atoms. The van der Waals surface area contributed by atoms with Crippen molar-refractivity contribution in [2.24, 2.45) is 14.1 Å². The number of piperazine rings is 1. The lowest BCUT2D eigenvalue weighted by atomic mass is 10.1. The van der Waals surface area contributed by atoms with Gasteiger partial charge in [-0.2, -0.15) is 14.5 Å². The van der Waals surface area contributed by atoms with E-state index in [1.807, 2.05) is 13.8 Å². The molecule has 1 saturated heterocycles. The number of carbonyl (C=O) groups excluding carboxylic acids is 1. The van der Waals surface area contributed by atoms with Crippen LogP contribution >= 0.6 is 0 Å². The largest absolute Gasteiger partial charge is 0.336 e. The van der Waals surface area contributed by atoms with E-state index in [2.05, 4.69) is 10.2 Å². The molecule has 0 aliphatic carbocycles. The fourth-order valence-corrected chi connectivity index (χ4v) is 4.85. The molecule has 0 unspecified atom stereocenters. The van der Waals surface area contributed by atoms with E-state index in [0.717, 1.165) is 5.69 Å². The quantitative estimate of drug-likeness (QED) is 0.760. The first-order valence-electron chi connectivity index (χ1n) is 8.42. The van der Waals surface area contributed by atoms with Gasteiger partial charge in [0.15, 0.2) is 0 Å². The van der Waals surface area contributed by atoms with Gasteiger partial charge < -0.3 is 4.90 Å². The van der Waals surface area contributed by atoms with Crippen LogP contribution in [0.5, 0.6) is 0 Å². The minimum Gasteiger partial charge on any atom is -0.336 e. The van der Waals surface area contributed by atoms with Gasteiger partial charge in [0.05, 0.1) is 23.1 Å². The van der Waals surface area contributed by atoms with Crippen molar-refractivity contribution in [2.45, 2.75) is 25.7 Å². The zero-order valence-corrected chi connectivity index (χ0v) is 16.5. The minimum atomic E-state index is -3.60. The zero-order valence-electron chi connectivity index (χ0n) is 15.7. The summed E-state index contributed by atoms with van der Waals surface area (Å²) in [6.07, 6.45) is 1.38. The summed E-state index contributed by atoms with van der Waals surface area (Å²) in [5, 5.41) is 8.30. The van der Waals surface area contributed by atoms with Gasteiger partial charge in [-0.25, -0.2) is 8.42 Å². The molecule has 2 aromatic heterocycles. The maximum absolute atomic E-state index is 12.8. The van der Waals surface area contributed by atoms with Crippen LogP contribution in [0.3, 0.4) is 0 Å². The van der Waals surface area contributed by atoms with Crippen molar-refractivity contribution in [1.82, 2.24) is 28.8 Å². The van der Waals surface area contributed by atoms with Gasteiger partial charge in [-0.3, -0.25) is 14.2 Å². The Balaban J connectivity index is 1.75. The summed E-state index contributed by atoms with van der Waals surface area (Å²) >= 11 is 0. The molecule has 1 aliphatic rings. The van der Waals surface area contributed by atoms with Gasteiger partial charge in [0.1, 0.15) is 4.90 Å². The summed E-state index contributed by atoms with van der Waals surface area (Å²) in [4.78, 5) is 14.7. The van der Waals surface area contributed by atoms with Gasteiger partial charge in [0, 0.05) is 46.0 Å². The summed E-state index contributed by atoms with van der Waals surface area (Å²) in [5.41, 5.74) is 2.71. The van der Waals surface area contributed by atoms with Crippen LogP contribution in [0, 0.1) is 20.8 Å². The van der Waals surface area contributed by atoms with Crippen LogP contribution in [-0.2, 0) is 24.1 Å². The monoisotopic (exact) mass is 380 g/mol. The van der Waals surface area contributed by atoms with E-state index >= 15 is 0 Å². The Morgan fingerprint density at radius 2 is 1.62 bits per heavy atom. The maximum Gasteiger partial charge on any atom is 0.257 e. The van der Waals surface area contributed by atoms with E-state index in [9.17, 15) is 13.2 Å². The van der Waals surface area contributed by atoms with Crippen LogP contribution in [-0.4, -0.2) is 69.3 Å². The molecule has 0 bridgehead atoms. The molecule has 1 aliphatic heterocycles. The van der Waals surface area contributed by atoms with Crippen LogP contribution in [0.25, 0.3) is 0 Å². The Morgan fingerprint density at radius 3 is 2.08 bits per heavy atom. The first-order chi connectivity index (χ1) is 12.1. The third kappa shape index (κ3) is 2.92. The molecule has 0 atom stereocenters. The van der Waals surface area contributed by atoms with Crippen LogP contribution in [0.2, 0.25) is 0 Å². The molecule has 9 nitrogen and oxygen atoms in total. The Labute approximate surface area is 153 Å². The molecule has 0 N–H and O–H groups in total. The lowest BCUT2D eigenvalue weighted by Crippen LogP contribution is -2.50. The smallest absolute Gasteiger partial charge is 0.257 e. The molecule has 0 radical (unpaired) electrons. The summed E-state index contributed by atoms with van der Waals surface area (Å²) in [6.45, 7) is 6.64. The molecule has 0 saturated carbocycles. The van der Waals surface area contributed by atoms with Crippen molar-refractivity contribution in [1.29, 1.82) is 0 Å². The van der Waals surface area contributed by atoms with Crippen molar-refractivity contribution in [3.05, 3.63) is 28.8 Å². The van der Waals surface area contributed by atoms with Gasteiger partial charge in [-0.15, -0.1) is 0 Å². The summed E-state index contributed by atoms with van der Waals surface area (Å²) in [6, 6.07) is 0. The number of rotatable bonds is 3. The molecular weight excluding hydrogens is 356 g/mol. The van der Waals surface area contributed by atoms with E-state index in [4.69, 9.17) is 0 Å². The second-order valence-electron chi connectivity index (χ2n) is 6.58. The Morgan fingerprint density at radius 1 is 1.00 bits per heavy atom. The van der Waals surface area contributed by atoms with Crippen LogP contribution in [0.1, 0.15) is 27.4 Å². The van der Waals surface area contributed by atoms with Gasteiger partial charge in [-0.05, 0) is 20.8 Å². The van der Waals surface area contributed by atoms with E-state index in [0.29, 0.717) is 30.0 Å². The lowest BCUT2D eigenvalue weighted by Gasteiger charge is -2.34. The molecule has 26 heavy (non-hydrogen) atoms. The summed E-state index contributed by atoms with van der Waals surface area (Å²) in [5.74, 6) is -0.0947. The summed E-state index contributed by atoms with van der Waals surface area (Å²) in [7, 11) is -0.0850. The number of amides is 1. The third-order valence-electron chi connectivity index (χ3n) is 5.06. The van der Waals surface area contributed by atoms with Crippen molar-refractivity contribution in [2.75, 3.05) is 26.2 Å². The number of hydrogen-bond donors (Lipinski definition) is 0. The lowest BCUT2D eigenvalue weighted by molar-refractivity contribution is 0.0696. The van der Waals surface area contributed by atoms with Gasteiger partial charge >= 0.3 is 0 Å². The molecule has 3 rings (SSSR count). The molecular formula is C16H24N6O3S. The highest BCUT2D eigenvalue weighted by molar-refractivity contribution is 7.89. The molecule has 142 valence electrons. The Kier molecular flexibility index (Phi) is 4.65. The minimum absolute atomic E-state index is 0.0947. The summed E-state index contributed by atoms with van der Waals surface area (Å²) < 4.78 is 30.3. The van der Waals surface area contributed by atoms with Gasteiger partial charge in [0.25, 0.3) is 5.91 Å².